The standard InChI is InChI=1S/C14H25NO2/c1-13(2,3)17-12(16)10-11-6-8-14(4,15-5)9-7-11/h10,15H,6-9H2,1-5H3. The van der Waals surface area contributed by atoms with Crippen LogP contribution in [0.5, 0.6) is 0 Å². The summed E-state index contributed by atoms with van der Waals surface area (Å²) in [7, 11) is 2.00. The number of carbonyl (C=O) groups is 1. The van der Waals surface area contributed by atoms with E-state index in [1.807, 2.05) is 27.8 Å². The van der Waals surface area contributed by atoms with Crippen LogP contribution in [0.1, 0.15) is 53.4 Å². The minimum absolute atomic E-state index is 0.208. The number of carbonyl (C=O) groups excluding carboxylic acids is 1. The third-order valence-electron chi connectivity index (χ3n) is 3.33. The first kappa shape index (κ1) is 14.2. The van der Waals surface area contributed by atoms with Crippen molar-refractivity contribution in [2.45, 2.75) is 64.5 Å². The molecule has 0 aromatic heterocycles. The summed E-state index contributed by atoms with van der Waals surface area (Å²) in [5.74, 6) is -0.208. The average molecular weight is 239 g/mol. The van der Waals surface area contributed by atoms with Crippen LogP contribution in [0, 0.1) is 0 Å². The Bertz CT molecular complexity index is 303. The lowest BCUT2D eigenvalue weighted by Crippen LogP contribution is -2.41. The van der Waals surface area contributed by atoms with Gasteiger partial charge >= 0.3 is 5.97 Å². The average Bonchev–Trinajstić information content (AvgIpc) is 2.19. The molecule has 17 heavy (non-hydrogen) atoms. The number of hydrogen-bond donors (Lipinski definition) is 1. The molecule has 1 aliphatic carbocycles. The number of nitrogens with one attached hydrogen (secondary N) is 1. The Balaban J connectivity index is 2.51. The molecule has 1 aliphatic rings. The molecule has 1 rings (SSSR count). The van der Waals surface area contributed by atoms with Crippen LogP contribution in [0.15, 0.2) is 11.6 Å². The summed E-state index contributed by atoms with van der Waals surface area (Å²) in [5, 5.41) is 3.35. The van der Waals surface area contributed by atoms with Crippen LogP contribution in [0.25, 0.3) is 0 Å². The highest BCUT2D eigenvalue weighted by Gasteiger charge is 2.27. The van der Waals surface area contributed by atoms with E-state index in [0.29, 0.717) is 0 Å². The van der Waals surface area contributed by atoms with Gasteiger partial charge in [-0.2, -0.15) is 0 Å². The van der Waals surface area contributed by atoms with Gasteiger partial charge in [-0.05, 0) is 60.4 Å². The van der Waals surface area contributed by atoms with Gasteiger partial charge in [-0.15, -0.1) is 0 Å². The van der Waals surface area contributed by atoms with E-state index in [0.717, 1.165) is 25.7 Å². The second-order valence-corrected chi connectivity index (χ2v) is 6.15. The summed E-state index contributed by atoms with van der Waals surface area (Å²) in [6.07, 6.45) is 5.81. The van der Waals surface area contributed by atoms with E-state index in [9.17, 15) is 4.79 Å². The van der Waals surface area contributed by atoms with E-state index < -0.39 is 5.60 Å². The Labute approximate surface area is 105 Å². The van der Waals surface area contributed by atoms with Gasteiger partial charge in [0.2, 0.25) is 0 Å². The fourth-order valence-electron chi connectivity index (χ4n) is 2.02. The summed E-state index contributed by atoms with van der Waals surface area (Å²) in [5.41, 5.74) is 1.04. The molecule has 3 heteroatoms. The molecule has 1 saturated carbocycles. The largest absolute Gasteiger partial charge is 0.457 e. The second-order valence-electron chi connectivity index (χ2n) is 6.15. The number of esters is 1. The maximum absolute atomic E-state index is 11.6. The smallest absolute Gasteiger partial charge is 0.331 e. The molecular weight excluding hydrogens is 214 g/mol. The number of hydrogen-bond acceptors (Lipinski definition) is 3. The van der Waals surface area contributed by atoms with Gasteiger partial charge in [0.25, 0.3) is 0 Å². The molecule has 0 aromatic carbocycles. The zero-order valence-electron chi connectivity index (χ0n) is 11.7. The third-order valence-corrected chi connectivity index (χ3v) is 3.33. The van der Waals surface area contributed by atoms with Gasteiger partial charge in [0.05, 0.1) is 0 Å². The van der Waals surface area contributed by atoms with Crippen LogP contribution in [0.4, 0.5) is 0 Å². The first-order valence-electron chi connectivity index (χ1n) is 6.35. The molecule has 3 nitrogen and oxygen atoms in total. The highest BCUT2D eigenvalue weighted by molar-refractivity contribution is 5.83. The molecule has 1 fully saturated rings. The monoisotopic (exact) mass is 239 g/mol. The van der Waals surface area contributed by atoms with E-state index in [1.54, 1.807) is 6.08 Å². The van der Waals surface area contributed by atoms with Crippen LogP contribution < -0.4 is 5.32 Å². The van der Waals surface area contributed by atoms with E-state index in [4.69, 9.17) is 4.74 Å². The summed E-state index contributed by atoms with van der Waals surface area (Å²) < 4.78 is 5.29. The first-order valence-corrected chi connectivity index (χ1v) is 6.35. The fourth-order valence-corrected chi connectivity index (χ4v) is 2.02. The third kappa shape index (κ3) is 4.90. The quantitative estimate of drug-likeness (QED) is 0.595. The number of ether oxygens (including phenoxy) is 1. The van der Waals surface area contributed by atoms with E-state index >= 15 is 0 Å². The van der Waals surface area contributed by atoms with Crippen molar-refractivity contribution in [3.05, 3.63) is 11.6 Å². The Morgan fingerprint density at radius 3 is 2.29 bits per heavy atom. The van der Waals surface area contributed by atoms with Gasteiger partial charge in [0.1, 0.15) is 5.60 Å². The summed E-state index contributed by atoms with van der Waals surface area (Å²) in [4.78, 5) is 11.6. The van der Waals surface area contributed by atoms with Crippen molar-refractivity contribution in [2.75, 3.05) is 7.05 Å². The molecule has 0 atom stereocenters. The van der Waals surface area contributed by atoms with Crippen molar-refractivity contribution in [1.29, 1.82) is 0 Å². The van der Waals surface area contributed by atoms with Gasteiger partial charge in [-0.1, -0.05) is 5.57 Å². The van der Waals surface area contributed by atoms with Crippen molar-refractivity contribution < 1.29 is 9.53 Å². The molecule has 0 unspecified atom stereocenters. The topological polar surface area (TPSA) is 38.3 Å². The first-order chi connectivity index (χ1) is 7.74. The lowest BCUT2D eigenvalue weighted by Gasteiger charge is -2.34. The molecule has 0 aromatic rings. The second kappa shape index (κ2) is 5.21. The molecule has 0 spiro atoms. The van der Waals surface area contributed by atoms with E-state index in [-0.39, 0.29) is 11.5 Å². The van der Waals surface area contributed by atoms with Gasteiger partial charge < -0.3 is 10.1 Å². The summed E-state index contributed by atoms with van der Waals surface area (Å²) >= 11 is 0. The van der Waals surface area contributed by atoms with E-state index in [2.05, 4.69) is 12.2 Å². The van der Waals surface area contributed by atoms with Crippen LogP contribution in [0.3, 0.4) is 0 Å². The molecule has 98 valence electrons. The number of rotatable bonds is 2. The molecule has 0 saturated heterocycles. The molecule has 1 N–H and O–H groups in total. The highest BCUT2D eigenvalue weighted by atomic mass is 16.6. The minimum atomic E-state index is -0.400. The predicted octanol–water partition coefficient (Wildman–Crippen LogP) is 2.81. The SMILES string of the molecule is CNC1(C)CCC(=CC(=O)OC(C)(C)C)CC1. The van der Waals surface area contributed by atoms with Crippen LogP contribution >= 0.6 is 0 Å². The van der Waals surface area contributed by atoms with Crippen molar-refractivity contribution in [3.63, 3.8) is 0 Å². The van der Waals surface area contributed by atoms with Gasteiger partial charge in [0, 0.05) is 11.6 Å². The Kier molecular flexibility index (Phi) is 4.36. The van der Waals surface area contributed by atoms with Crippen LogP contribution in [-0.4, -0.2) is 24.2 Å². The molecule has 0 heterocycles. The lowest BCUT2D eigenvalue weighted by molar-refractivity contribution is -0.148. The molecule has 0 radical (unpaired) electrons. The van der Waals surface area contributed by atoms with Crippen molar-refractivity contribution in [3.8, 4) is 0 Å². The molecular formula is C14H25NO2. The van der Waals surface area contributed by atoms with Crippen molar-refractivity contribution >= 4 is 5.97 Å². The maximum Gasteiger partial charge on any atom is 0.331 e. The normalized spacial score (nSPS) is 25.6. The molecule has 0 amide bonds. The minimum Gasteiger partial charge on any atom is -0.457 e. The lowest BCUT2D eigenvalue weighted by atomic mass is 9.81. The zero-order valence-corrected chi connectivity index (χ0v) is 11.7. The highest BCUT2D eigenvalue weighted by Crippen LogP contribution is 2.31. The zero-order chi connectivity index (χ0) is 13.1. The predicted molar refractivity (Wildman–Crippen MR) is 69.9 cm³/mol. The Hall–Kier alpha value is -0.830. The van der Waals surface area contributed by atoms with Gasteiger partial charge in [-0.3, -0.25) is 0 Å². The summed E-state index contributed by atoms with van der Waals surface area (Å²) in [6, 6.07) is 0. The van der Waals surface area contributed by atoms with E-state index in [1.165, 1.54) is 5.57 Å². The number of allylic oxidation sites excluding steroid dienone is 1. The molecule has 0 bridgehead atoms. The van der Waals surface area contributed by atoms with Gasteiger partial charge in [0.15, 0.2) is 0 Å². The summed E-state index contributed by atoms with van der Waals surface area (Å²) in [6.45, 7) is 7.91. The van der Waals surface area contributed by atoms with Gasteiger partial charge in [-0.25, -0.2) is 4.79 Å². The van der Waals surface area contributed by atoms with Crippen LogP contribution in [-0.2, 0) is 9.53 Å². The van der Waals surface area contributed by atoms with Crippen LogP contribution in [0.2, 0.25) is 0 Å². The molecule has 0 aliphatic heterocycles. The van der Waals surface area contributed by atoms with Crippen molar-refractivity contribution in [2.24, 2.45) is 0 Å². The van der Waals surface area contributed by atoms with Crippen molar-refractivity contribution in [1.82, 2.24) is 5.32 Å². The maximum atomic E-state index is 11.6. The fraction of sp³-hybridized carbons (Fsp3) is 0.786. The Morgan fingerprint density at radius 2 is 1.88 bits per heavy atom. The Morgan fingerprint density at radius 1 is 1.35 bits per heavy atom.